The molecule has 0 spiro atoms. The molecule has 0 bridgehead atoms. The number of rotatable bonds is 3. The first-order valence-corrected chi connectivity index (χ1v) is 7.34. The first-order chi connectivity index (χ1) is 9.66. The number of nitrogens with one attached hydrogen (secondary N) is 1. The van der Waals surface area contributed by atoms with Crippen molar-refractivity contribution in [1.29, 1.82) is 0 Å². The molecule has 2 fully saturated rings. The largest absolute Gasteiger partial charge is 0.381 e. The highest BCUT2D eigenvalue weighted by Crippen LogP contribution is 2.36. The molecule has 1 aliphatic carbocycles. The lowest BCUT2D eigenvalue weighted by Crippen LogP contribution is -2.38. The number of benzene rings is 1. The lowest BCUT2D eigenvalue weighted by Gasteiger charge is -2.34. The van der Waals surface area contributed by atoms with Gasteiger partial charge in [0.05, 0.1) is 11.7 Å². The van der Waals surface area contributed by atoms with Crippen molar-refractivity contribution < 1.29 is 13.9 Å². The van der Waals surface area contributed by atoms with E-state index >= 15 is 0 Å². The predicted molar refractivity (Wildman–Crippen MR) is 75.5 cm³/mol. The van der Waals surface area contributed by atoms with Gasteiger partial charge in [-0.05, 0) is 44.7 Å². The quantitative estimate of drug-likeness (QED) is 0.861. The van der Waals surface area contributed by atoms with Crippen molar-refractivity contribution >= 4 is 11.5 Å². The zero-order valence-electron chi connectivity index (χ0n) is 11.7. The third-order valence-corrected chi connectivity index (χ3v) is 4.49. The molecule has 0 radical (unpaired) electrons. The molecule has 1 heterocycles. The lowest BCUT2D eigenvalue weighted by atomic mass is 9.81. The van der Waals surface area contributed by atoms with E-state index in [9.17, 15) is 9.18 Å². The number of Topliss-reactive ketones (excluding diaryl/α,β-unsaturated/α-hetero) is 1. The zero-order valence-corrected chi connectivity index (χ0v) is 11.7. The molecule has 4 heteroatoms. The smallest absolute Gasteiger partial charge is 0.164 e. The minimum atomic E-state index is -0.447. The number of ketones is 1. The van der Waals surface area contributed by atoms with E-state index in [2.05, 4.69) is 5.32 Å². The van der Waals surface area contributed by atoms with Gasteiger partial charge in [0.2, 0.25) is 0 Å². The Morgan fingerprint density at radius 3 is 3.00 bits per heavy atom. The van der Waals surface area contributed by atoms with Crippen LogP contribution in [0.3, 0.4) is 0 Å². The van der Waals surface area contributed by atoms with Crippen LogP contribution in [0.5, 0.6) is 0 Å². The van der Waals surface area contributed by atoms with Gasteiger partial charge in [0.1, 0.15) is 5.82 Å². The molecule has 1 aromatic rings. The van der Waals surface area contributed by atoms with Crippen LogP contribution in [-0.2, 0) is 4.74 Å². The molecule has 3 unspecified atom stereocenters. The molecule has 1 saturated heterocycles. The van der Waals surface area contributed by atoms with Crippen LogP contribution in [0.1, 0.15) is 43.0 Å². The van der Waals surface area contributed by atoms with Crippen LogP contribution in [0, 0.1) is 11.7 Å². The van der Waals surface area contributed by atoms with E-state index in [0.717, 1.165) is 32.3 Å². The fourth-order valence-corrected chi connectivity index (χ4v) is 3.56. The maximum atomic E-state index is 13.8. The molecule has 3 atom stereocenters. The summed E-state index contributed by atoms with van der Waals surface area (Å²) in [5.41, 5.74) is 0.795. The molecule has 1 N–H and O–H groups in total. The topological polar surface area (TPSA) is 38.3 Å². The lowest BCUT2D eigenvalue weighted by molar-refractivity contribution is 0.0620. The number of fused-ring (bicyclic) bond motifs is 1. The SMILES string of the molecule is CC(=O)c1c(F)cccc1NC1CCCC2OCCC12. The molecule has 1 saturated carbocycles. The van der Waals surface area contributed by atoms with Gasteiger partial charge in [-0.2, -0.15) is 0 Å². The first-order valence-electron chi connectivity index (χ1n) is 7.34. The molecule has 108 valence electrons. The Morgan fingerprint density at radius 2 is 2.20 bits per heavy atom. The van der Waals surface area contributed by atoms with E-state index in [1.54, 1.807) is 12.1 Å². The van der Waals surface area contributed by atoms with Gasteiger partial charge in [-0.25, -0.2) is 4.39 Å². The van der Waals surface area contributed by atoms with E-state index in [1.165, 1.54) is 13.0 Å². The van der Waals surface area contributed by atoms with Crippen molar-refractivity contribution in [2.24, 2.45) is 5.92 Å². The van der Waals surface area contributed by atoms with Crippen LogP contribution in [0.15, 0.2) is 18.2 Å². The highest BCUT2D eigenvalue weighted by molar-refractivity contribution is 5.99. The fraction of sp³-hybridized carbons (Fsp3) is 0.562. The molecule has 20 heavy (non-hydrogen) atoms. The highest BCUT2D eigenvalue weighted by Gasteiger charge is 2.37. The van der Waals surface area contributed by atoms with Gasteiger partial charge in [0, 0.05) is 24.3 Å². The summed E-state index contributed by atoms with van der Waals surface area (Å²) in [4.78, 5) is 11.7. The third kappa shape index (κ3) is 2.44. The van der Waals surface area contributed by atoms with Gasteiger partial charge < -0.3 is 10.1 Å². The minimum Gasteiger partial charge on any atom is -0.381 e. The molecule has 3 rings (SSSR count). The second-order valence-corrected chi connectivity index (χ2v) is 5.76. The summed E-state index contributed by atoms with van der Waals surface area (Å²) in [6.45, 7) is 2.22. The van der Waals surface area contributed by atoms with E-state index in [-0.39, 0.29) is 17.4 Å². The molecule has 2 aliphatic rings. The average molecular weight is 277 g/mol. The Balaban J connectivity index is 1.84. The molecular formula is C16H20FNO2. The number of hydrogen-bond donors (Lipinski definition) is 1. The number of halogens is 1. The standard InChI is InChI=1S/C16H20FNO2/c1-10(19)16-12(17)4-2-6-14(16)18-13-5-3-7-15-11(13)8-9-20-15/h2,4,6,11,13,15,18H,3,5,7-9H2,1H3. The Morgan fingerprint density at radius 1 is 1.35 bits per heavy atom. The summed E-state index contributed by atoms with van der Waals surface area (Å²) in [7, 11) is 0. The third-order valence-electron chi connectivity index (χ3n) is 4.49. The van der Waals surface area contributed by atoms with Crippen molar-refractivity contribution in [1.82, 2.24) is 0 Å². The van der Waals surface area contributed by atoms with Crippen LogP contribution in [0.25, 0.3) is 0 Å². The Labute approximate surface area is 118 Å². The summed E-state index contributed by atoms with van der Waals surface area (Å²) in [5, 5.41) is 3.40. The van der Waals surface area contributed by atoms with Crippen molar-refractivity contribution in [3.05, 3.63) is 29.6 Å². The molecular weight excluding hydrogens is 257 g/mol. The number of carbonyl (C=O) groups is 1. The molecule has 1 aliphatic heterocycles. The summed E-state index contributed by atoms with van der Waals surface area (Å²) >= 11 is 0. The van der Waals surface area contributed by atoms with Crippen molar-refractivity contribution in [3.63, 3.8) is 0 Å². The second kappa shape index (κ2) is 5.52. The zero-order chi connectivity index (χ0) is 14.1. The summed E-state index contributed by atoms with van der Waals surface area (Å²) in [5.74, 6) is -0.204. The van der Waals surface area contributed by atoms with Crippen LogP contribution in [0.2, 0.25) is 0 Å². The molecule has 0 amide bonds. The van der Waals surface area contributed by atoms with Crippen molar-refractivity contribution in [2.45, 2.75) is 44.8 Å². The van der Waals surface area contributed by atoms with Gasteiger partial charge in [-0.1, -0.05) is 6.07 Å². The maximum absolute atomic E-state index is 13.8. The van der Waals surface area contributed by atoms with Gasteiger partial charge in [-0.15, -0.1) is 0 Å². The molecule has 0 aromatic heterocycles. The van der Waals surface area contributed by atoms with Crippen molar-refractivity contribution in [3.8, 4) is 0 Å². The number of ether oxygens (including phenoxy) is 1. The Hall–Kier alpha value is -1.42. The second-order valence-electron chi connectivity index (χ2n) is 5.76. The van der Waals surface area contributed by atoms with Gasteiger partial charge in [0.25, 0.3) is 0 Å². The minimum absolute atomic E-state index is 0.175. The maximum Gasteiger partial charge on any atom is 0.164 e. The van der Waals surface area contributed by atoms with Gasteiger partial charge >= 0.3 is 0 Å². The average Bonchev–Trinajstić information content (AvgIpc) is 2.87. The van der Waals surface area contributed by atoms with E-state index in [4.69, 9.17) is 4.74 Å². The van der Waals surface area contributed by atoms with E-state index in [1.807, 2.05) is 0 Å². The van der Waals surface area contributed by atoms with E-state index in [0.29, 0.717) is 17.7 Å². The number of hydrogen-bond acceptors (Lipinski definition) is 3. The number of carbonyl (C=O) groups excluding carboxylic acids is 1. The summed E-state index contributed by atoms with van der Waals surface area (Å²) < 4.78 is 19.6. The summed E-state index contributed by atoms with van der Waals surface area (Å²) in [6.07, 6.45) is 4.66. The van der Waals surface area contributed by atoms with Crippen LogP contribution >= 0.6 is 0 Å². The first kappa shape index (κ1) is 13.6. The van der Waals surface area contributed by atoms with Gasteiger partial charge in [0.15, 0.2) is 5.78 Å². The van der Waals surface area contributed by atoms with Crippen LogP contribution in [0.4, 0.5) is 10.1 Å². The van der Waals surface area contributed by atoms with Crippen molar-refractivity contribution in [2.75, 3.05) is 11.9 Å². The molecule has 1 aromatic carbocycles. The Bertz CT molecular complexity index is 517. The summed E-state index contributed by atoms with van der Waals surface area (Å²) in [6, 6.07) is 5.05. The fourth-order valence-electron chi connectivity index (χ4n) is 3.56. The normalized spacial score (nSPS) is 29.0. The predicted octanol–water partition coefficient (Wildman–Crippen LogP) is 3.40. The van der Waals surface area contributed by atoms with Gasteiger partial charge in [-0.3, -0.25) is 4.79 Å². The molecule has 3 nitrogen and oxygen atoms in total. The van der Waals surface area contributed by atoms with Crippen LogP contribution in [-0.4, -0.2) is 24.5 Å². The highest BCUT2D eigenvalue weighted by atomic mass is 19.1. The van der Waals surface area contributed by atoms with Crippen LogP contribution < -0.4 is 5.32 Å². The number of anilines is 1. The monoisotopic (exact) mass is 277 g/mol. The van der Waals surface area contributed by atoms with E-state index < -0.39 is 5.82 Å². The Kier molecular flexibility index (Phi) is 3.74.